The van der Waals surface area contributed by atoms with E-state index in [0.29, 0.717) is 5.56 Å². The Hall–Kier alpha value is -4.00. The number of halogens is 1. The second kappa shape index (κ2) is 7.68. The van der Waals surface area contributed by atoms with Crippen LogP contribution < -0.4 is 10.2 Å². The zero-order chi connectivity index (χ0) is 22.3. The highest BCUT2D eigenvalue weighted by Gasteiger charge is 2.37. The number of aromatic nitrogens is 1. The maximum atomic E-state index is 13.3. The Morgan fingerprint density at radius 2 is 1.61 bits per heavy atom. The third kappa shape index (κ3) is 3.66. The number of carbonyl (C=O) groups excluding carboxylic acids is 3. The van der Waals surface area contributed by atoms with Crippen molar-refractivity contribution in [1.29, 1.82) is 0 Å². The summed E-state index contributed by atoms with van der Waals surface area (Å²) < 4.78 is 15.3. The van der Waals surface area contributed by atoms with Crippen molar-refractivity contribution in [3.05, 3.63) is 88.5 Å². The number of benzene rings is 2. The maximum absolute atomic E-state index is 13.3. The molecule has 0 atom stereocenters. The number of hydrogen-bond acceptors (Lipinski definition) is 3. The fourth-order valence-corrected chi connectivity index (χ4v) is 3.74. The van der Waals surface area contributed by atoms with E-state index >= 15 is 0 Å². The Labute approximate surface area is 178 Å². The Kier molecular flexibility index (Phi) is 5.02. The van der Waals surface area contributed by atoms with Gasteiger partial charge in [0.05, 0.1) is 5.69 Å². The Morgan fingerprint density at radius 3 is 2.29 bits per heavy atom. The van der Waals surface area contributed by atoms with Gasteiger partial charge >= 0.3 is 6.03 Å². The third-order valence-electron chi connectivity index (χ3n) is 5.22. The first kappa shape index (κ1) is 20.3. The average molecular weight is 417 g/mol. The van der Waals surface area contributed by atoms with E-state index < -0.39 is 23.7 Å². The molecule has 0 unspecified atom stereocenters. The van der Waals surface area contributed by atoms with Gasteiger partial charge in [0.1, 0.15) is 11.4 Å². The fourth-order valence-electron chi connectivity index (χ4n) is 3.74. The van der Waals surface area contributed by atoms with E-state index in [2.05, 4.69) is 5.32 Å². The molecule has 0 spiro atoms. The van der Waals surface area contributed by atoms with Gasteiger partial charge in [-0.15, -0.1) is 0 Å². The van der Waals surface area contributed by atoms with Crippen LogP contribution in [0.4, 0.5) is 14.9 Å². The third-order valence-corrected chi connectivity index (χ3v) is 5.22. The van der Waals surface area contributed by atoms with Crippen molar-refractivity contribution in [1.82, 2.24) is 9.88 Å². The first-order chi connectivity index (χ1) is 14.8. The summed E-state index contributed by atoms with van der Waals surface area (Å²) in [6.07, 6.45) is 1.48. The largest absolute Gasteiger partial charge is 0.335 e. The highest BCUT2D eigenvalue weighted by atomic mass is 19.1. The average Bonchev–Trinajstić information content (AvgIpc) is 2.99. The van der Waals surface area contributed by atoms with Crippen LogP contribution in [0.2, 0.25) is 0 Å². The lowest BCUT2D eigenvalue weighted by atomic mass is 10.1. The van der Waals surface area contributed by atoms with Gasteiger partial charge < -0.3 is 4.57 Å². The zero-order valence-electron chi connectivity index (χ0n) is 17.3. The summed E-state index contributed by atoms with van der Waals surface area (Å²) >= 11 is 0. The number of urea groups is 1. The van der Waals surface area contributed by atoms with Gasteiger partial charge in [0.2, 0.25) is 0 Å². The van der Waals surface area contributed by atoms with Gasteiger partial charge in [-0.25, -0.2) is 14.1 Å². The highest BCUT2D eigenvalue weighted by molar-refractivity contribution is 6.39. The molecule has 4 amide bonds. The molecule has 1 N–H and O–H groups in total. The molecule has 6 nitrogen and oxygen atoms in total. The first-order valence-electron chi connectivity index (χ1n) is 9.69. The van der Waals surface area contributed by atoms with Crippen LogP contribution in [0.25, 0.3) is 11.8 Å². The molecule has 156 valence electrons. The van der Waals surface area contributed by atoms with Gasteiger partial charge in [-0.2, -0.15) is 0 Å². The van der Waals surface area contributed by atoms with E-state index in [4.69, 9.17) is 0 Å². The fraction of sp³-hybridized carbons (Fsp3) is 0.125. The lowest BCUT2D eigenvalue weighted by Crippen LogP contribution is -2.54. The molecule has 4 rings (SSSR count). The van der Waals surface area contributed by atoms with Gasteiger partial charge in [0.25, 0.3) is 11.8 Å². The summed E-state index contributed by atoms with van der Waals surface area (Å²) in [7, 11) is 0. The Balaban J connectivity index is 1.76. The lowest BCUT2D eigenvalue weighted by Gasteiger charge is -2.26. The van der Waals surface area contributed by atoms with E-state index in [1.165, 1.54) is 18.2 Å². The summed E-state index contributed by atoms with van der Waals surface area (Å²) in [5.41, 5.74) is 4.56. The minimum Gasteiger partial charge on any atom is -0.318 e. The van der Waals surface area contributed by atoms with E-state index in [1.54, 1.807) is 0 Å². The van der Waals surface area contributed by atoms with E-state index in [0.717, 1.165) is 39.7 Å². The monoisotopic (exact) mass is 417 g/mol. The highest BCUT2D eigenvalue weighted by Crippen LogP contribution is 2.26. The van der Waals surface area contributed by atoms with Gasteiger partial charge in [0.15, 0.2) is 0 Å². The molecule has 2 heterocycles. The molecule has 0 aliphatic carbocycles. The maximum Gasteiger partial charge on any atom is 0.335 e. The van der Waals surface area contributed by atoms with Crippen molar-refractivity contribution >= 4 is 29.6 Å². The Bertz CT molecular complexity index is 1260. The number of rotatable bonds is 3. The smallest absolute Gasteiger partial charge is 0.318 e. The minimum atomic E-state index is -0.871. The molecule has 1 fully saturated rings. The number of nitrogens with zero attached hydrogens (tertiary/aromatic N) is 2. The topological polar surface area (TPSA) is 71.4 Å². The number of carbonyl (C=O) groups is 3. The van der Waals surface area contributed by atoms with Crippen LogP contribution in [0.3, 0.4) is 0 Å². The molecule has 0 bridgehead atoms. The summed E-state index contributed by atoms with van der Waals surface area (Å²) in [4.78, 5) is 38.6. The number of amides is 4. The van der Waals surface area contributed by atoms with Crippen molar-refractivity contribution in [3.63, 3.8) is 0 Å². The number of barbiturate groups is 1. The number of aryl methyl sites for hydroxylation is 2. The molecule has 1 aromatic heterocycles. The van der Waals surface area contributed by atoms with E-state index in [-0.39, 0.29) is 11.3 Å². The molecular weight excluding hydrogens is 397 g/mol. The van der Waals surface area contributed by atoms with Crippen LogP contribution >= 0.6 is 0 Å². The normalized spacial score (nSPS) is 15.5. The standard InChI is InChI=1S/C24H20FN3O3/c1-14-5-4-6-20(11-14)27-15(2)12-17(16(27)3)13-21-22(29)26-24(31)28(23(21)30)19-9-7-18(25)8-10-19/h4-13H,1-3H3,(H,26,29,31)/b21-13-. The molecule has 2 aromatic carbocycles. The number of nitrogens with one attached hydrogen (secondary N) is 1. The summed E-state index contributed by atoms with van der Waals surface area (Å²) in [6, 6.07) is 13.9. The molecule has 0 radical (unpaired) electrons. The van der Waals surface area contributed by atoms with Gasteiger partial charge in [-0.05, 0) is 80.4 Å². The summed E-state index contributed by atoms with van der Waals surface area (Å²) in [5, 5.41) is 2.18. The van der Waals surface area contributed by atoms with Gasteiger partial charge in [0, 0.05) is 17.1 Å². The van der Waals surface area contributed by atoms with Crippen molar-refractivity contribution in [2.24, 2.45) is 0 Å². The second-order valence-corrected chi connectivity index (χ2v) is 7.44. The van der Waals surface area contributed by atoms with Crippen LogP contribution in [0.5, 0.6) is 0 Å². The lowest BCUT2D eigenvalue weighted by molar-refractivity contribution is -0.122. The predicted octanol–water partition coefficient (Wildman–Crippen LogP) is 4.21. The quantitative estimate of drug-likeness (QED) is 0.513. The number of hydrogen-bond donors (Lipinski definition) is 1. The molecule has 3 aromatic rings. The molecular formula is C24H20FN3O3. The van der Waals surface area contributed by atoms with Crippen molar-refractivity contribution in [2.45, 2.75) is 20.8 Å². The van der Waals surface area contributed by atoms with Crippen molar-refractivity contribution < 1.29 is 18.8 Å². The van der Waals surface area contributed by atoms with Crippen LogP contribution in [-0.4, -0.2) is 22.4 Å². The van der Waals surface area contributed by atoms with E-state index in [9.17, 15) is 18.8 Å². The molecule has 1 aliphatic rings. The second-order valence-electron chi connectivity index (χ2n) is 7.44. The van der Waals surface area contributed by atoms with Crippen molar-refractivity contribution in [2.75, 3.05) is 4.90 Å². The van der Waals surface area contributed by atoms with Gasteiger partial charge in [-0.1, -0.05) is 12.1 Å². The molecule has 1 aliphatic heterocycles. The van der Waals surface area contributed by atoms with Crippen LogP contribution in [0.1, 0.15) is 22.5 Å². The zero-order valence-corrected chi connectivity index (χ0v) is 17.3. The SMILES string of the molecule is Cc1cccc(-n2c(C)cc(/C=C3/C(=O)NC(=O)N(c4ccc(F)cc4)C3=O)c2C)c1. The number of imide groups is 2. The first-order valence-corrected chi connectivity index (χ1v) is 9.69. The summed E-state index contributed by atoms with van der Waals surface area (Å²) in [6.45, 7) is 5.84. The van der Waals surface area contributed by atoms with Crippen molar-refractivity contribution in [3.8, 4) is 5.69 Å². The predicted molar refractivity (Wildman–Crippen MR) is 115 cm³/mol. The van der Waals surface area contributed by atoms with Gasteiger partial charge in [-0.3, -0.25) is 14.9 Å². The van der Waals surface area contributed by atoms with Crippen LogP contribution in [-0.2, 0) is 9.59 Å². The Morgan fingerprint density at radius 1 is 0.903 bits per heavy atom. The minimum absolute atomic E-state index is 0.173. The van der Waals surface area contributed by atoms with Crippen LogP contribution in [0, 0.1) is 26.6 Å². The molecule has 0 saturated carbocycles. The summed E-state index contributed by atoms with van der Waals surface area (Å²) in [5.74, 6) is -2.03. The number of anilines is 1. The van der Waals surface area contributed by atoms with Crippen LogP contribution in [0.15, 0.2) is 60.2 Å². The molecule has 31 heavy (non-hydrogen) atoms. The molecule has 1 saturated heterocycles. The molecule has 7 heteroatoms. The van der Waals surface area contributed by atoms with E-state index in [1.807, 2.05) is 55.7 Å².